The van der Waals surface area contributed by atoms with Gasteiger partial charge in [-0.3, -0.25) is 39.9 Å². The van der Waals surface area contributed by atoms with Gasteiger partial charge in [0.15, 0.2) is 69.3 Å². The number of H-pyrrole nitrogens is 2. The second kappa shape index (κ2) is 27.5. The van der Waals surface area contributed by atoms with E-state index in [1.807, 2.05) is 0 Å². The van der Waals surface area contributed by atoms with E-state index in [-0.39, 0.29) is 138 Å². The Morgan fingerprint density at radius 3 is 0.519 bits per heavy atom. The number of aromatic amines is 2. The minimum absolute atomic E-state index is 0.0976. The van der Waals surface area contributed by atoms with Crippen LogP contribution in [0.2, 0.25) is 40.2 Å². The lowest BCUT2D eigenvalue weighted by molar-refractivity contribution is 0.417. The second-order valence-electron chi connectivity index (χ2n) is 22.5. The van der Waals surface area contributed by atoms with Crippen LogP contribution in [-0.2, 0) is 0 Å². The Hall–Kier alpha value is -11.8. The number of hydrogen-bond donors (Lipinski definition) is 2. The van der Waals surface area contributed by atoms with Gasteiger partial charge >= 0.3 is 0 Å². The summed E-state index contributed by atoms with van der Waals surface area (Å²) >= 11 is 52.2. The first kappa shape index (κ1) is 65.5. The van der Waals surface area contributed by atoms with E-state index in [0.717, 1.165) is 0 Å². The summed E-state index contributed by atoms with van der Waals surface area (Å²) in [4.78, 5) is 73.4. The van der Waals surface area contributed by atoms with Gasteiger partial charge in [0.2, 0.25) is 0 Å². The monoisotopic (exact) mass is 1530 g/mol. The van der Waals surface area contributed by atoms with Gasteiger partial charge in [0.25, 0.3) is 0 Å². The summed E-state index contributed by atoms with van der Waals surface area (Å²) in [6.07, 6.45) is 23.7. The molecule has 0 aliphatic carbocycles. The lowest BCUT2D eigenvalue weighted by Crippen LogP contribution is -1.94. The molecular weight excluding hydrogens is 1500 g/mol. The summed E-state index contributed by atoms with van der Waals surface area (Å²) in [6.45, 7) is 0. The van der Waals surface area contributed by atoms with Gasteiger partial charge in [-0.25, -0.2) is 29.9 Å². The van der Waals surface area contributed by atoms with Gasteiger partial charge in [-0.1, -0.05) is 92.8 Å². The third-order valence-electron chi connectivity index (χ3n) is 15.3. The molecule has 32 heteroatoms. The van der Waals surface area contributed by atoms with Gasteiger partial charge in [-0.05, 0) is 48.5 Å². The molecular formula is C72H34Cl8N16O8. The molecule has 0 unspecified atom stereocenters. The van der Waals surface area contributed by atoms with Gasteiger partial charge in [0.05, 0.1) is 89.8 Å². The van der Waals surface area contributed by atoms with Gasteiger partial charge in [-0.15, -0.1) is 0 Å². The number of ether oxygens (including phenoxy) is 8. The number of aromatic nitrogens is 16. The molecule has 8 bridgehead atoms. The number of pyridine rings is 8. The molecule has 4 aromatic carbocycles. The normalized spacial score (nSPS) is 11.5. The molecule has 13 heterocycles. The van der Waals surface area contributed by atoms with Crippen LogP contribution in [-0.4, -0.2) is 79.7 Å². The van der Waals surface area contributed by atoms with Crippen LogP contribution >= 0.6 is 92.8 Å². The van der Waals surface area contributed by atoms with Crippen molar-refractivity contribution in [2.75, 3.05) is 0 Å². The molecule has 0 saturated heterocycles. The van der Waals surface area contributed by atoms with Crippen LogP contribution in [0.4, 0.5) is 0 Å². The Kier molecular flexibility index (Phi) is 17.3. The molecule has 2 aliphatic heterocycles. The third kappa shape index (κ3) is 13.8. The number of fused-ring (bicyclic) bond motifs is 20. The number of nitrogens with zero attached hydrogens (tertiary/aromatic N) is 14. The van der Waals surface area contributed by atoms with Crippen molar-refractivity contribution in [2.24, 2.45) is 0 Å². The highest BCUT2D eigenvalue weighted by Gasteiger charge is 2.30. The minimum atomic E-state index is 0.0976. The smallest absolute Gasteiger partial charge is 0.170 e. The van der Waals surface area contributed by atoms with E-state index in [2.05, 4.69) is 49.8 Å². The van der Waals surface area contributed by atoms with Gasteiger partial charge in [0.1, 0.15) is 68.6 Å². The van der Waals surface area contributed by atoms with E-state index in [1.165, 1.54) is 99.1 Å². The highest BCUT2D eigenvalue weighted by atomic mass is 35.5. The van der Waals surface area contributed by atoms with Crippen LogP contribution in [0.25, 0.3) is 89.7 Å². The first-order valence-corrected chi connectivity index (χ1v) is 33.5. The van der Waals surface area contributed by atoms with Crippen LogP contribution in [0.3, 0.4) is 0 Å². The number of rotatable bonds is 16. The lowest BCUT2D eigenvalue weighted by atomic mass is 10.1. The van der Waals surface area contributed by atoms with Gasteiger partial charge in [-0.2, -0.15) is 0 Å². The lowest BCUT2D eigenvalue weighted by Gasteiger charge is -2.14. The summed E-state index contributed by atoms with van der Waals surface area (Å²) < 4.78 is 53.0. The molecule has 15 aromatic rings. The number of benzene rings is 4. The van der Waals surface area contributed by atoms with E-state index in [9.17, 15) is 0 Å². The topological polar surface area (TPSA) is 286 Å². The molecule has 104 heavy (non-hydrogen) atoms. The average Bonchev–Trinajstić information content (AvgIpc) is 1.59. The summed E-state index contributed by atoms with van der Waals surface area (Å²) in [5.41, 5.74) is 2.28. The summed E-state index contributed by atoms with van der Waals surface area (Å²) in [5.74, 6) is 3.69. The third-order valence-corrected chi connectivity index (χ3v) is 17.0. The zero-order valence-corrected chi connectivity index (χ0v) is 58.1. The Morgan fingerprint density at radius 1 is 0.192 bits per heavy atom. The van der Waals surface area contributed by atoms with Crippen LogP contribution in [0.1, 0.15) is 0 Å². The van der Waals surface area contributed by atoms with E-state index >= 15 is 0 Å². The van der Waals surface area contributed by atoms with E-state index in [4.69, 9.17) is 161 Å². The van der Waals surface area contributed by atoms with Crippen molar-refractivity contribution < 1.29 is 37.9 Å². The SMILES string of the molecule is Clc1cncc(Oc2cc3c(cc2Oc2cncc(Cl)c2)-c2nc-3nc3[nH]c(nc4nc(nc5[nH]c(n2)c2cc(Oc6cncc(Cl)c6)c(Oc6cncc(Cl)c6)cc52)-c2cc(Oc5cncc(Cl)c5)c(Oc5cncc(Cl)c5)cc2-4)c2cc(Oc4cncc(Cl)c4)c(Oc4cncc(Cl)c4)cc32)c1. The number of hydrogen-bond acceptors (Lipinski definition) is 22. The van der Waals surface area contributed by atoms with Crippen molar-refractivity contribution in [3.05, 3.63) is 236 Å². The summed E-state index contributed by atoms with van der Waals surface area (Å²) in [5, 5.41) is 4.04. The second-order valence-corrected chi connectivity index (χ2v) is 26.0. The highest BCUT2D eigenvalue weighted by molar-refractivity contribution is 6.32. The maximum Gasteiger partial charge on any atom is 0.170 e. The fourth-order valence-corrected chi connectivity index (χ4v) is 12.4. The molecule has 24 nitrogen and oxygen atoms in total. The fourth-order valence-electron chi connectivity index (χ4n) is 11.1. The first-order valence-electron chi connectivity index (χ1n) is 30.4. The molecule has 0 fully saturated rings. The maximum absolute atomic E-state index is 6.63. The van der Waals surface area contributed by atoms with E-state index in [1.54, 1.807) is 97.1 Å². The van der Waals surface area contributed by atoms with Crippen molar-refractivity contribution in [3.63, 3.8) is 0 Å². The summed E-state index contributed by atoms with van der Waals surface area (Å²) in [6, 6.07) is 26.3. The molecule has 17 rings (SSSR count). The Labute approximate surface area is 624 Å². The Bertz CT molecular complexity index is 5490. The molecule has 0 atom stereocenters. The number of nitrogens with one attached hydrogen (secondary N) is 2. The minimum Gasteiger partial charge on any atom is -0.452 e. The fraction of sp³-hybridized carbons (Fsp3) is 0. The molecule has 506 valence electrons. The van der Waals surface area contributed by atoms with Crippen LogP contribution in [0.15, 0.2) is 196 Å². The predicted molar refractivity (Wildman–Crippen MR) is 391 cm³/mol. The molecule has 11 aromatic heterocycles. The van der Waals surface area contributed by atoms with Crippen molar-refractivity contribution in [1.82, 2.24) is 79.7 Å². The number of halogens is 8. The molecule has 0 radical (unpaired) electrons. The van der Waals surface area contributed by atoms with Crippen molar-refractivity contribution >= 4 is 137 Å². The van der Waals surface area contributed by atoms with Crippen molar-refractivity contribution in [2.45, 2.75) is 0 Å². The molecule has 2 aliphatic rings. The largest absolute Gasteiger partial charge is 0.452 e. The molecule has 0 saturated carbocycles. The van der Waals surface area contributed by atoms with Crippen molar-refractivity contribution in [1.29, 1.82) is 0 Å². The zero-order chi connectivity index (χ0) is 70.7. The maximum atomic E-state index is 6.63. The average molecular weight is 1530 g/mol. The molecule has 2 N–H and O–H groups in total. The molecule has 0 amide bonds. The first-order chi connectivity index (χ1) is 50.6. The van der Waals surface area contributed by atoms with E-state index < -0.39 is 0 Å². The van der Waals surface area contributed by atoms with Crippen LogP contribution in [0, 0.1) is 0 Å². The van der Waals surface area contributed by atoms with Gasteiger partial charge in [0, 0.05) is 142 Å². The predicted octanol–water partition coefficient (Wildman–Crippen LogP) is 21.6. The summed E-state index contributed by atoms with van der Waals surface area (Å²) in [7, 11) is 0. The zero-order valence-electron chi connectivity index (χ0n) is 52.0. The van der Waals surface area contributed by atoms with Gasteiger partial charge < -0.3 is 47.9 Å². The Morgan fingerprint density at radius 2 is 0.356 bits per heavy atom. The standard InChI is InChI=1S/C72H34Cl8N16O8/c73-33-1-41(25-81-17-33)97-57-9-49-50(10-58(57)98-42-2-34(74)18-82-26-42)66-89-65(49)93-67-51-11-59(99-43-3-35(75)19-83-27-43)60(100-44-4-36(76)20-84-28-44)12-52(51)69(90-67)95-71-55-15-63(103-47-7-39(79)23-87-31-47)64(104-48-8-40(80)24-88-32-48)16-56(55)72(92-71)96-70-54-14-62(102-46-6-38(78)22-86-30-46)61(13-53(54)68(91-70)94-66)101-45-5-37(77)21-85-29-45/h1-32H,(H2,89,90,91,92,93,94,95,96). The van der Waals surface area contributed by atoms with E-state index in [0.29, 0.717) is 84.0 Å². The van der Waals surface area contributed by atoms with Crippen molar-refractivity contribution in [3.8, 4) is 138 Å². The van der Waals surface area contributed by atoms with Crippen LogP contribution < -0.4 is 37.9 Å². The quantitative estimate of drug-likeness (QED) is 0.0908. The van der Waals surface area contributed by atoms with Crippen LogP contribution in [0.5, 0.6) is 92.0 Å². The highest BCUT2D eigenvalue weighted by Crippen LogP contribution is 2.50. The molecule has 0 spiro atoms. The Balaban J connectivity index is 0.995.